The minimum absolute atomic E-state index is 0.302. The summed E-state index contributed by atoms with van der Waals surface area (Å²) in [5, 5.41) is 3.52. The first-order valence-corrected chi connectivity index (χ1v) is 7.52. The second-order valence-electron chi connectivity index (χ2n) is 5.14. The number of nitrogens with one attached hydrogen (secondary N) is 1. The highest BCUT2D eigenvalue weighted by Crippen LogP contribution is 2.21. The predicted molar refractivity (Wildman–Crippen MR) is 74.7 cm³/mol. The first kappa shape index (κ1) is 16.6. The van der Waals surface area contributed by atoms with Gasteiger partial charge in [-0.3, -0.25) is 0 Å². The summed E-state index contributed by atoms with van der Waals surface area (Å²) in [5.74, 6) is 0. The molecule has 19 heavy (non-hydrogen) atoms. The highest BCUT2D eigenvalue weighted by Gasteiger charge is 2.15. The molecule has 4 heteroatoms. The van der Waals surface area contributed by atoms with Crippen LogP contribution < -0.4 is 5.32 Å². The SMILES string of the molecule is CCCNC(CCOCC(F)F)C1=CCCCCC1. The van der Waals surface area contributed by atoms with Crippen molar-refractivity contribution in [2.75, 3.05) is 19.8 Å². The van der Waals surface area contributed by atoms with Crippen LogP contribution in [-0.2, 0) is 4.74 Å². The quantitative estimate of drug-likeness (QED) is 0.509. The molecule has 0 saturated heterocycles. The molecule has 1 aliphatic carbocycles. The Morgan fingerprint density at radius 2 is 2.16 bits per heavy atom. The molecule has 0 saturated carbocycles. The third-order valence-electron chi connectivity index (χ3n) is 3.46. The fraction of sp³-hybridized carbons (Fsp3) is 0.867. The van der Waals surface area contributed by atoms with Crippen molar-refractivity contribution in [3.63, 3.8) is 0 Å². The lowest BCUT2D eigenvalue weighted by Gasteiger charge is -2.21. The summed E-state index contributed by atoms with van der Waals surface area (Å²) >= 11 is 0. The van der Waals surface area contributed by atoms with E-state index in [1.807, 2.05) is 0 Å². The van der Waals surface area contributed by atoms with Crippen LogP contribution in [0.25, 0.3) is 0 Å². The van der Waals surface area contributed by atoms with Gasteiger partial charge in [0.25, 0.3) is 6.43 Å². The Morgan fingerprint density at radius 1 is 1.32 bits per heavy atom. The minimum Gasteiger partial charge on any atom is -0.375 e. The molecule has 112 valence electrons. The molecule has 0 aromatic rings. The topological polar surface area (TPSA) is 21.3 Å². The Labute approximate surface area is 115 Å². The van der Waals surface area contributed by atoms with Crippen LogP contribution in [-0.4, -0.2) is 32.2 Å². The molecule has 0 bridgehead atoms. The number of alkyl halides is 2. The van der Waals surface area contributed by atoms with Crippen LogP contribution in [0.15, 0.2) is 11.6 Å². The first-order chi connectivity index (χ1) is 9.24. The molecule has 1 aliphatic rings. The van der Waals surface area contributed by atoms with Gasteiger partial charge in [0.05, 0.1) is 0 Å². The molecule has 1 rings (SSSR count). The van der Waals surface area contributed by atoms with Crippen molar-refractivity contribution in [2.45, 2.75) is 64.3 Å². The van der Waals surface area contributed by atoms with Gasteiger partial charge in [-0.25, -0.2) is 8.78 Å². The van der Waals surface area contributed by atoms with Crippen molar-refractivity contribution in [3.05, 3.63) is 11.6 Å². The maximum Gasteiger partial charge on any atom is 0.261 e. The van der Waals surface area contributed by atoms with Crippen molar-refractivity contribution in [2.24, 2.45) is 0 Å². The summed E-state index contributed by atoms with van der Waals surface area (Å²) in [6.07, 6.45) is 7.95. The van der Waals surface area contributed by atoms with E-state index >= 15 is 0 Å². The summed E-state index contributed by atoms with van der Waals surface area (Å²) in [4.78, 5) is 0. The zero-order valence-corrected chi connectivity index (χ0v) is 12.0. The summed E-state index contributed by atoms with van der Waals surface area (Å²) < 4.78 is 29.0. The molecular formula is C15H27F2NO. The Morgan fingerprint density at radius 3 is 2.89 bits per heavy atom. The number of rotatable bonds is 9. The number of hydrogen-bond acceptors (Lipinski definition) is 2. The van der Waals surface area contributed by atoms with Gasteiger partial charge < -0.3 is 10.1 Å². The van der Waals surface area contributed by atoms with Crippen molar-refractivity contribution >= 4 is 0 Å². The largest absolute Gasteiger partial charge is 0.375 e. The van der Waals surface area contributed by atoms with E-state index < -0.39 is 13.0 Å². The lowest BCUT2D eigenvalue weighted by molar-refractivity contribution is 0.0151. The van der Waals surface area contributed by atoms with Crippen LogP contribution in [0.1, 0.15) is 51.9 Å². The first-order valence-electron chi connectivity index (χ1n) is 7.52. The summed E-state index contributed by atoms with van der Waals surface area (Å²) in [6, 6.07) is 0.302. The van der Waals surface area contributed by atoms with Crippen molar-refractivity contribution in [1.29, 1.82) is 0 Å². The lowest BCUT2D eigenvalue weighted by Crippen LogP contribution is -2.33. The van der Waals surface area contributed by atoms with Crippen LogP contribution in [0.3, 0.4) is 0 Å². The monoisotopic (exact) mass is 275 g/mol. The smallest absolute Gasteiger partial charge is 0.261 e. The van der Waals surface area contributed by atoms with Crippen LogP contribution in [0.5, 0.6) is 0 Å². The van der Waals surface area contributed by atoms with E-state index in [2.05, 4.69) is 18.3 Å². The average molecular weight is 275 g/mol. The van der Waals surface area contributed by atoms with Crippen LogP contribution >= 0.6 is 0 Å². The predicted octanol–water partition coefficient (Wildman–Crippen LogP) is 3.92. The highest BCUT2D eigenvalue weighted by molar-refractivity contribution is 5.12. The van der Waals surface area contributed by atoms with Gasteiger partial charge in [0.2, 0.25) is 0 Å². The van der Waals surface area contributed by atoms with E-state index in [0.717, 1.165) is 32.2 Å². The van der Waals surface area contributed by atoms with E-state index in [1.165, 1.54) is 24.8 Å². The van der Waals surface area contributed by atoms with Gasteiger partial charge in [-0.2, -0.15) is 0 Å². The molecule has 0 amide bonds. The summed E-state index contributed by atoms with van der Waals surface area (Å²) in [6.45, 7) is 3.07. The Bertz CT molecular complexity index is 257. The minimum atomic E-state index is -2.36. The molecule has 1 unspecified atom stereocenters. The fourth-order valence-electron chi connectivity index (χ4n) is 2.47. The molecule has 0 fully saturated rings. The van der Waals surface area contributed by atoms with E-state index in [4.69, 9.17) is 4.74 Å². The Balaban J connectivity index is 2.38. The van der Waals surface area contributed by atoms with E-state index in [-0.39, 0.29) is 0 Å². The molecular weight excluding hydrogens is 248 g/mol. The summed E-state index contributed by atoms with van der Waals surface area (Å²) in [5.41, 5.74) is 1.45. The molecule has 1 N–H and O–H groups in total. The standard InChI is InChI=1S/C15H27F2NO/c1-2-10-18-14(9-11-19-12-15(16)17)13-7-5-3-4-6-8-13/h7,14-15,18H,2-6,8-12H2,1H3. The lowest BCUT2D eigenvalue weighted by atomic mass is 9.99. The second-order valence-corrected chi connectivity index (χ2v) is 5.14. The zero-order chi connectivity index (χ0) is 13.9. The van der Waals surface area contributed by atoms with Crippen LogP contribution in [0.2, 0.25) is 0 Å². The van der Waals surface area contributed by atoms with Crippen molar-refractivity contribution < 1.29 is 13.5 Å². The second kappa shape index (κ2) is 10.3. The molecule has 0 heterocycles. The van der Waals surface area contributed by atoms with Gasteiger partial charge in [0.15, 0.2) is 0 Å². The number of hydrogen-bond donors (Lipinski definition) is 1. The molecule has 1 atom stereocenters. The Hall–Kier alpha value is -0.480. The van der Waals surface area contributed by atoms with E-state index in [0.29, 0.717) is 12.6 Å². The number of ether oxygens (including phenoxy) is 1. The number of halogens is 2. The normalized spacial score (nSPS) is 18.2. The maximum absolute atomic E-state index is 12.0. The van der Waals surface area contributed by atoms with Gasteiger partial charge in [-0.05, 0) is 45.1 Å². The van der Waals surface area contributed by atoms with Gasteiger partial charge in [0, 0.05) is 12.6 Å². The molecule has 0 aromatic heterocycles. The van der Waals surface area contributed by atoms with Crippen LogP contribution in [0.4, 0.5) is 8.78 Å². The molecule has 0 radical (unpaired) electrons. The third-order valence-corrected chi connectivity index (χ3v) is 3.46. The van der Waals surface area contributed by atoms with Gasteiger partial charge in [0.1, 0.15) is 6.61 Å². The highest BCUT2D eigenvalue weighted by atomic mass is 19.3. The zero-order valence-electron chi connectivity index (χ0n) is 12.0. The van der Waals surface area contributed by atoms with Gasteiger partial charge >= 0.3 is 0 Å². The third kappa shape index (κ3) is 7.63. The molecule has 0 aliphatic heterocycles. The molecule has 0 spiro atoms. The fourth-order valence-corrected chi connectivity index (χ4v) is 2.47. The molecule has 2 nitrogen and oxygen atoms in total. The Kier molecular flexibility index (Phi) is 9.01. The maximum atomic E-state index is 12.0. The average Bonchev–Trinajstić information content (AvgIpc) is 2.66. The van der Waals surface area contributed by atoms with E-state index in [1.54, 1.807) is 0 Å². The van der Waals surface area contributed by atoms with Crippen molar-refractivity contribution in [1.82, 2.24) is 5.32 Å². The molecule has 0 aromatic carbocycles. The van der Waals surface area contributed by atoms with E-state index in [9.17, 15) is 8.78 Å². The summed E-state index contributed by atoms with van der Waals surface area (Å²) in [7, 11) is 0. The number of allylic oxidation sites excluding steroid dienone is 1. The van der Waals surface area contributed by atoms with Crippen LogP contribution in [0, 0.1) is 0 Å². The van der Waals surface area contributed by atoms with Gasteiger partial charge in [-0.1, -0.05) is 25.0 Å². The van der Waals surface area contributed by atoms with Crippen molar-refractivity contribution in [3.8, 4) is 0 Å². The van der Waals surface area contributed by atoms with Gasteiger partial charge in [-0.15, -0.1) is 0 Å².